The van der Waals surface area contributed by atoms with Gasteiger partial charge in [0.25, 0.3) is 0 Å². The van der Waals surface area contributed by atoms with E-state index >= 15 is 0 Å². The first-order valence-electron chi connectivity index (χ1n) is 9.66. The topological polar surface area (TPSA) is 29.4 Å². The van der Waals surface area contributed by atoms with Gasteiger partial charge in [-0.05, 0) is 62.3 Å². The molecule has 0 heterocycles. The third-order valence-electron chi connectivity index (χ3n) is 5.86. The second kappa shape index (κ2) is 7.99. The SMILES string of the molecule is CN=C(C)c1cc(C(=O)C2CCCC[C@H]2c2ccc(C)cc2)ccc1C. The van der Waals surface area contributed by atoms with E-state index in [0.29, 0.717) is 11.7 Å². The van der Waals surface area contributed by atoms with Crippen LogP contribution in [0.2, 0.25) is 0 Å². The molecule has 1 saturated carbocycles. The average Bonchev–Trinajstić information content (AvgIpc) is 2.68. The molecule has 1 unspecified atom stereocenters. The number of aliphatic imine (C=N–C) groups is 1. The molecule has 26 heavy (non-hydrogen) atoms. The molecule has 1 fully saturated rings. The van der Waals surface area contributed by atoms with E-state index in [1.165, 1.54) is 23.1 Å². The Morgan fingerprint density at radius 3 is 2.38 bits per heavy atom. The predicted molar refractivity (Wildman–Crippen MR) is 110 cm³/mol. The van der Waals surface area contributed by atoms with Crippen LogP contribution in [-0.4, -0.2) is 18.5 Å². The van der Waals surface area contributed by atoms with Crippen LogP contribution in [0.1, 0.15) is 71.1 Å². The number of Topliss-reactive ketones (excluding diaryl/α,β-unsaturated/α-hetero) is 1. The van der Waals surface area contributed by atoms with Gasteiger partial charge in [0, 0.05) is 24.2 Å². The number of rotatable bonds is 4. The number of carbonyl (C=O) groups is 1. The van der Waals surface area contributed by atoms with Gasteiger partial charge < -0.3 is 0 Å². The summed E-state index contributed by atoms with van der Waals surface area (Å²) in [5.41, 5.74) is 6.65. The van der Waals surface area contributed by atoms with Crippen LogP contribution in [0, 0.1) is 19.8 Å². The number of carbonyl (C=O) groups excluding carboxylic acids is 1. The third kappa shape index (κ3) is 3.80. The highest BCUT2D eigenvalue weighted by atomic mass is 16.1. The first kappa shape index (κ1) is 18.6. The van der Waals surface area contributed by atoms with E-state index in [0.717, 1.165) is 36.1 Å². The zero-order chi connectivity index (χ0) is 18.7. The first-order valence-corrected chi connectivity index (χ1v) is 9.66. The molecule has 2 nitrogen and oxygen atoms in total. The molecule has 0 amide bonds. The predicted octanol–water partition coefficient (Wildman–Crippen LogP) is 5.90. The van der Waals surface area contributed by atoms with E-state index in [4.69, 9.17) is 0 Å². The summed E-state index contributed by atoms with van der Waals surface area (Å²) in [5, 5.41) is 0. The van der Waals surface area contributed by atoms with E-state index in [1.807, 2.05) is 19.1 Å². The van der Waals surface area contributed by atoms with E-state index in [1.54, 1.807) is 7.05 Å². The number of hydrogen-bond donors (Lipinski definition) is 0. The van der Waals surface area contributed by atoms with Gasteiger partial charge in [-0.15, -0.1) is 0 Å². The molecule has 0 saturated heterocycles. The second-order valence-electron chi connectivity index (χ2n) is 7.61. The Morgan fingerprint density at radius 1 is 1.00 bits per heavy atom. The summed E-state index contributed by atoms with van der Waals surface area (Å²) < 4.78 is 0. The first-order chi connectivity index (χ1) is 12.5. The lowest BCUT2D eigenvalue weighted by Crippen LogP contribution is -2.26. The maximum atomic E-state index is 13.4. The fourth-order valence-corrected chi connectivity index (χ4v) is 4.16. The number of ketones is 1. The van der Waals surface area contributed by atoms with Gasteiger partial charge in [-0.1, -0.05) is 54.8 Å². The van der Waals surface area contributed by atoms with Gasteiger partial charge in [-0.3, -0.25) is 9.79 Å². The fraction of sp³-hybridized carbons (Fsp3) is 0.417. The summed E-state index contributed by atoms with van der Waals surface area (Å²) >= 11 is 0. The number of nitrogens with zero attached hydrogens (tertiary/aromatic N) is 1. The maximum absolute atomic E-state index is 13.4. The van der Waals surface area contributed by atoms with Crippen molar-refractivity contribution in [1.82, 2.24) is 0 Å². The number of benzene rings is 2. The van der Waals surface area contributed by atoms with Gasteiger partial charge in [0.05, 0.1) is 0 Å². The molecule has 0 bridgehead atoms. The van der Waals surface area contributed by atoms with Gasteiger partial charge >= 0.3 is 0 Å². The van der Waals surface area contributed by atoms with E-state index < -0.39 is 0 Å². The summed E-state index contributed by atoms with van der Waals surface area (Å²) in [4.78, 5) is 17.7. The minimum absolute atomic E-state index is 0.0842. The average molecular weight is 348 g/mol. The molecule has 0 spiro atoms. The van der Waals surface area contributed by atoms with Crippen LogP contribution < -0.4 is 0 Å². The van der Waals surface area contributed by atoms with Crippen LogP contribution in [0.4, 0.5) is 0 Å². The molecule has 1 aliphatic rings. The normalized spacial score (nSPS) is 20.8. The van der Waals surface area contributed by atoms with E-state index in [9.17, 15) is 4.79 Å². The molecule has 0 N–H and O–H groups in total. The highest BCUT2D eigenvalue weighted by Gasteiger charge is 2.32. The van der Waals surface area contributed by atoms with Crippen molar-refractivity contribution in [2.24, 2.45) is 10.9 Å². The molecule has 2 atom stereocenters. The number of hydrogen-bond acceptors (Lipinski definition) is 2. The lowest BCUT2D eigenvalue weighted by atomic mass is 9.72. The van der Waals surface area contributed by atoms with Crippen LogP contribution in [-0.2, 0) is 0 Å². The lowest BCUT2D eigenvalue weighted by molar-refractivity contribution is 0.0868. The van der Waals surface area contributed by atoms with Crippen LogP contribution in [0.3, 0.4) is 0 Å². The Balaban J connectivity index is 1.93. The summed E-state index contributed by atoms with van der Waals surface area (Å²) in [6, 6.07) is 14.8. The number of aryl methyl sites for hydroxylation is 2. The summed E-state index contributed by atoms with van der Waals surface area (Å²) in [6.45, 7) is 6.19. The standard InChI is InChI=1S/C24H29NO/c1-16-9-12-19(13-10-16)21-7-5-6-8-22(21)24(26)20-14-11-17(2)23(15-20)18(3)25-4/h9-15,21-22H,5-8H2,1-4H3/t21-,22?/m0/s1. The Morgan fingerprint density at radius 2 is 1.69 bits per heavy atom. The third-order valence-corrected chi connectivity index (χ3v) is 5.86. The zero-order valence-electron chi connectivity index (χ0n) is 16.4. The lowest BCUT2D eigenvalue weighted by Gasteiger charge is -2.31. The maximum Gasteiger partial charge on any atom is 0.166 e. The van der Waals surface area contributed by atoms with Crippen molar-refractivity contribution >= 4 is 11.5 Å². The highest BCUT2D eigenvalue weighted by Crippen LogP contribution is 2.39. The largest absolute Gasteiger partial charge is 0.294 e. The highest BCUT2D eigenvalue weighted by molar-refractivity contribution is 6.04. The van der Waals surface area contributed by atoms with Gasteiger partial charge in [0.2, 0.25) is 0 Å². The summed E-state index contributed by atoms with van der Waals surface area (Å²) in [6.07, 6.45) is 4.45. The van der Waals surface area contributed by atoms with Crippen molar-refractivity contribution in [2.45, 2.75) is 52.4 Å². The summed E-state index contributed by atoms with van der Waals surface area (Å²) in [7, 11) is 1.80. The van der Waals surface area contributed by atoms with E-state index in [2.05, 4.69) is 49.2 Å². The minimum Gasteiger partial charge on any atom is -0.294 e. The van der Waals surface area contributed by atoms with Gasteiger partial charge in [-0.2, -0.15) is 0 Å². The Hall–Kier alpha value is -2.22. The van der Waals surface area contributed by atoms with Crippen molar-refractivity contribution in [2.75, 3.05) is 7.05 Å². The van der Waals surface area contributed by atoms with Gasteiger partial charge in [0.1, 0.15) is 0 Å². The van der Waals surface area contributed by atoms with Crippen molar-refractivity contribution in [1.29, 1.82) is 0 Å². The molecule has 0 aliphatic heterocycles. The van der Waals surface area contributed by atoms with Crippen molar-refractivity contribution < 1.29 is 4.79 Å². The van der Waals surface area contributed by atoms with Gasteiger partial charge in [0.15, 0.2) is 5.78 Å². The van der Waals surface area contributed by atoms with Crippen molar-refractivity contribution in [3.05, 3.63) is 70.3 Å². The van der Waals surface area contributed by atoms with Crippen molar-refractivity contribution in [3.8, 4) is 0 Å². The fourth-order valence-electron chi connectivity index (χ4n) is 4.16. The Kier molecular flexibility index (Phi) is 5.70. The van der Waals surface area contributed by atoms with Crippen LogP contribution in [0.5, 0.6) is 0 Å². The zero-order valence-corrected chi connectivity index (χ0v) is 16.4. The van der Waals surface area contributed by atoms with Crippen LogP contribution in [0.15, 0.2) is 47.5 Å². The molecule has 1 aliphatic carbocycles. The Labute approximate surface area is 157 Å². The quantitative estimate of drug-likeness (QED) is 0.500. The molecule has 2 heteroatoms. The molecule has 2 aromatic carbocycles. The second-order valence-corrected chi connectivity index (χ2v) is 7.61. The summed E-state index contributed by atoms with van der Waals surface area (Å²) in [5.74, 6) is 0.712. The molecular formula is C24H29NO. The molecule has 3 rings (SSSR count). The van der Waals surface area contributed by atoms with Gasteiger partial charge in [-0.25, -0.2) is 0 Å². The monoisotopic (exact) mass is 347 g/mol. The van der Waals surface area contributed by atoms with E-state index in [-0.39, 0.29) is 5.92 Å². The minimum atomic E-state index is 0.0842. The molecule has 0 radical (unpaired) electrons. The molecule has 2 aromatic rings. The smallest absolute Gasteiger partial charge is 0.166 e. The molecule has 136 valence electrons. The Bertz CT molecular complexity index is 817. The van der Waals surface area contributed by atoms with Crippen molar-refractivity contribution in [3.63, 3.8) is 0 Å². The molecule has 0 aromatic heterocycles. The van der Waals surface area contributed by atoms with Crippen LogP contribution in [0.25, 0.3) is 0 Å². The molecular weight excluding hydrogens is 318 g/mol. The van der Waals surface area contributed by atoms with Crippen LogP contribution >= 0.6 is 0 Å².